The number of hydrogen-bond donors (Lipinski definition) is 1. The molecule has 0 aliphatic carbocycles. The number of nitrogens with two attached hydrogens (primary N) is 1. The van der Waals surface area contributed by atoms with Crippen LogP contribution in [-0.2, 0) is 6.42 Å². The van der Waals surface area contributed by atoms with Crippen LogP contribution in [0.4, 0.5) is 0 Å². The van der Waals surface area contributed by atoms with Gasteiger partial charge in [0, 0.05) is 24.5 Å². The zero-order valence-corrected chi connectivity index (χ0v) is 16.0. The van der Waals surface area contributed by atoms with Crippen molar-refractivity contribution in [3.63, 3.8) is 0 Å². The highest BCUT2D eigenvalue weighted by Crippen LogP contribution is 2.24. The van der Waals surface area contributed by atoms with E-state index in [-0.39, 0.29) is 18.3 Å². The average molecular weight is 385 g/mol. The van der Waals surface area contributed by atoms with Crippen molar-refractivity contribution in [1.82, 2.24) is 4.90 Å². The zero-order valence-electron chi connectivity index (χ0n) is 13.6. The Morgan fingerprint density at radius 1 is 1.17 bits per heavy atom. The van der Waals surface area contributed by atoms with Gasteiger partial charge in [-0.15, -0.1) is 24.2 Å². The molecular formula is C18H22Cl2N2OS. The molecule has 130 valence electrons. The molecule has 0 fully saturated rings. The van der Waals surface area contributed by atoms with Gasteiger partial charge in [-0.3, -0.25) is 4.79 Å². The maximum Gasteiger partial charge on any atom is 0.255 e. The van der Waals surface area contributed by atoms with Gasteiger partial charge in [-0.1, -0.05) is 41.9 Å². The molecule has 2 N–H and O–H groups in total. The molecule has 2 rings (SSSR count). The largest absolute Gasteiger partial charge is 0.337 e. The van der Waals surface area contributed by atoms with Crippen molar-refractivity contribution < 1.29 is 4.79 Å². The molecule has 6 heteroatoms. The van der Waals surface area contributed by atoms with E-state index in [1.54, 1.807) is 22.7 Å². The summed E-state index contributed by atoms with van der Waals surface area (Å²) in [5.41, 5.74) is 7.42. The Morgan fingerprint density at radius 3 is 2.50 bits per heavy atom. The predicted molar refractivity (Wildman–Crippen MR) is 106 cm³/mol. The second kappa shape index (κ2) is 10.6. The minimum Gasteiger partial charge on any atom is -0.337 e. The first-order valence-corrected chi connectivity index (χ1v) is 9.12. The number of carbonyl (C=O) groups excluding carboxylic acids is 1. The molecule has 0 heterocycles. The molecule has 0 spiro atoms. The lowest BCUT2D eigenvalue weighted by Crippen LogP contribution is -2.37. The number of amides is 1. The molecule has 2 aromatic carbocycles. The van der Waals surface area contributed by atoms with Gasteiger partial charge < -0.3 is 10.6 Å². The minimum absolute atomic E-state index is 0. The normalized spacial score (nSPS) is 10.1. The van der Waals surface area contributed by atoms with E-state index in [0.29, 0.717) is 30.2 Å². The van der Waals surface area contributed by atoms with E-state index >= 15 is 0 Å². The number of carbonyl (C=O) groups is 1. The van der Waals surface area contributed by atoms with Crippen molar-refractivity contribution in [2.45, 2.75) is 11.3 Å². The van der Waals surface area contributed by atoms with Gasteiger partial charge in [0.05, 0.1) is 10.6 Å². The van der Waals surface area contributed by atoms with Crippen LogP contribution in [0.25, 0.3) is 0 Å². The van der Waals surface area contributed by atoms with Crippen LogP contribution in [-0.4, -0.2) is 36.7 Å². The van der Waals surface area contributed by atoms with Crippen LogP contribution in [0, 0.1) is 0 Å². The van der Waals surface area contributed by atoms with Crippen molar-refractivity contribution in [1.29, 1.82) is 0 Å². The van der Waals surface area contributed by atoms with E-state index in [2.05, 4.69) is 12.1 Å². The predicted octanol–water partition coefficient (Wildman–Crippen LogP) is 4.13. The van der Waals surface area contributed by atoms with Crippen LogP contribution in [0.5, 0.6) is 0 Å². The number of nitrogens with zero attached hydrogens (tertiary/aromatic N) is 1. The lowest BCUT2D eigenvalue weighted by molar-refractivity contribution is 0.0762. The molecule has 24 heavy (non-hydrogen) atoms. The highest BCUT2D eigenvalue weighted by molar-refractivity contribution is 7.98. The summed E-state index contributed by atoms with van der Waals surface area (Å²) in [7, 11) is 0. The van der Waals surface area contributed by atoms with E-state index in [1.165, 1.54) is 5.56 Å². The molecule has 0 radical (unpaired) electrons. The summed E-state index contributed by atoms with van der Waals surface area (Å²) < 4.78 is 0. The lowest BCUT2D eigenvalue weighted by atomic mass is 10.1. The summed E-state index contributed by atoms with van der Waals surface area (Å²) in [6, 6.07) is 15.7. The summed E-state index contributed by atoms with van der Waals surface area (Å²) in [4.78, 5) is 15.6. The first-order valence-electron chi connectivity index (χ1n) is 7.52. The molecule has 0 saturated carbocycles. The molecular weight excluding hydrogens is 363 g/mol. The van der Waals surface area contributed by atoms with Gasteiger partial charge in [-0.2, -0.15) is 0 Å². The zero-order chi connectivity index (χ0) is 16.7. The third-order valence-corrected chi connectivity index (χ3v) is 4.66. The molecule has 0 bridgehead atoms. The fourth-order valence-corrected chi connectivity index (χ4v) is 2.98. The molecule has 1 amide bonds. The first-order chi connectivity index (χ1) is 11.2. The van der Waals surface area contributed by atoms with E-state index in [9.17, 15) is 4.79 Å². The maximum absolute atomic E-state index is 12.8. The Labute approximate surface area is 159 Å². The monoisotopic (exact) mass is 384 g/mol. The van der Waals surface area contributed by atoms with Crippen molar-refractivity contribution in [2.75, 3.05) is 25.9 Å². The lowest BCUT2D eigenvalue weighted by Gasteiger charge is -2.23. The van der Waals surface area contributed by atoms with Gasteiger partial charge in [-0.05, 0) is 36.4 Å². The van der Waals surface area contributed by atoms with Crippen molar-refractivity contribution in [2.24, 2.45) is 5.73 Å². The highest BCUT2D eigenvalue weighted by atomic mass is 35.5. The summed E-state index contributed by atoms with van der Waals surface area (Å²) in [6.45, 7) is 1.58. The first kappa shape index (κ1) is 20.8. The minimum atomic E-state index is -0.0627. The van der Waals surface area contributed by atoms with E-state index in [0.717, 1.165) is 11.3 Å². The number of hydrogen-bond acceptors (Lipinski definition) is 3. The molecule has 0 aliphatic rings. The Balaban J connectivity index is 0.00000288. The van der Waals surface area contributed by atoms with E-state index < -0.39 is 0 Å². The summed E-state index contributed by atoms with van der Waals surface area (Å²) in [5.74, 6) is -0.0627. The van der Waals surface area contributed by atoms with Crippen molar-refractivity contribution in [3.05, 3.63) is 64.7 Å². The highest BCUT2D eigenvalue weighted by Gasteiger charge is 2.18. The number of rotatable bonds is 7. The van der Waals surface area contributed by atoms with Gasteiger partial charge >= 0.3 is 0 Å². The fraction of sp³-hybridized carbons (Fsp3) is 0.278. The summed E-state index contributed by atoms with van der Waals surface area (Å²) in [6.07, 6.45) is 2.77. The Kier molecular flexibility index (Phi) is 9.22. The van der Waals surface area contributed by atoms with E-state index in [4.69, 9.17) is 17.3 Å². The van der Waals surface area contributed by atoms with Crippen LogP contribution in [0.15, 0.2) is 53.4 Å². The topological polar surface area (TPSA) is 46.3 Å². The molecule has 0 aromatic heterocycles. The molecule has 0 atom stereocenters. The molecule has 0 unspecified atom stereocenters. The Morgan fingerprint density at radius 2 is 1.88 bits per heavy atom. The third-order valence-electron chi connectivity index (χ3n) is 3.60. The quantitative estimate of drug-likeness (QED) is 0.729. The number of thioether (sulfide) groups is 1. The van der Waals surface area contributed by atoms with Gasteiger partial charge in [0.25, 0.3) is 5.91 Å². The Bertz CT molecular complexity index is 653. The SMILES string of the molecule is CSc1ccc(Cl)c(C(=O)N(CCN)CCc2ccccc2)c1.Cl. The van der Waals surface area contributed by atoms with Crippen LogP contribution in [0.2, 0.25) is 5.02 Å². The Hall–Kier alpha value is -1.20. The maximum atomic E-state index is 12.8. The number of halogens is 2. The van der Waals surface area contributed by atoms with Gasteiger partial charge in [0.15, 0.2) is 0 Å². The fourth-order valence-electron chi connectivity index (χ4n) is 2.35. The second-order valence-corrected chi connectivity index (χ2v) is 6.45. The molecule has 0 aliphatic heterocycles. The molecule has 0 saturated heterocycles. The molecule has 2 aromatic rings. The summed E-state index contributed by atoms with van der Waals surface area (Å²) >= 11 is 7.81. The molecule has 3 nitrogen and oxygen atoms in total. The average Bonchev–Trinajstić information content (AvgIpc) is 2.59. The smallest absolute Gasteiger partial charge is 0.255 e. The van der Waals surface area contributed by atoms with Gasteiger partial charge in [-0.25, -0.2) is 0 Å². The van der Waals surface area contributed by atoms with Crippen molar-refractivity contribution in [3.8, 4) is 0 Å². The van der Waals surface area contributed by atoms with Crippen LogP contribution >= 0.6 is 35.8 Å². The second-order valence-electron chi connectivity index (χ2n) is 5.16. The van der Waals surface area contributed by atoms with E-state index in [1.807, 2.05) is 36.6 Å². The van der Waals surface area contributed by atoms with Crippen LogP contribution in [0.3, 0.4) is 0 Å². The van der Waals surface area contributed by atoms with Crippen LogP contribution in [0.1, 0.15) is 15.9 Å². The van der Waals surface area contributed by atoms with Crippen LogP contribution < -0.4 is 5.73 Å². The van der Waals surface area contributed by atoms with Crippen molar-refractivity contribution >= 4 is 41.7 Å². The third kappa shape index (κ3) is 5.71. The van der Waals surface area contributed by atoms with Gasteiger partial charge in [0.1, 0.15) is 0 Å². The standard InChI is InChI=1S/C18H21ClN2OS.ClH/c1-23-15-7-8-17(19)16(13-15)18(22)21(12-10-20)11-9-14-5-3-2-4-6-14;/h2-8,13H,9-12,20H2,1H3;1H. The van der Waals surface area contributed by atoms with Gasteiger partial charge in [0.2, 0.25) is 0 Å². The summed E-state index contributed by atoms with van der Waals surface area (Å²) in [5, 5.41) is 0.481. The number of benzene rings is 2.